The van der Waals surface area contributed by atoms with E-state index in [2.05, 4.69) is 0 Å². The number of nitrogens with two attached hydrogens (primary N) is 1. The number of ether oxygens (including phenoxy) is 1. The van der Waals surface area contributed by atoms with Crippen LogP contribution >= 0.6 is 11.6 Å². The van der Waals surface area contributed by atoms with E-state index in [0.29, 0.717) is 17.3 Å². The minimum Gasteiger partial charge on any atom is -0.484 e. The SMILES string of the molecule is CC(C)(CCl)Oc1ccccc1N. The lowest BCUT2D eigenvalue weighted by molar-refractivity contribution is 0.135. The molecule has 3 heteroatoms. The Labute approximate surface area is 83.6 Å². The van der Waals surface area contributed by atoms with Crippen LogP contribution < -0.4 is 10.5 Å². The summed E-state index contributed by atoms with van der Waals surface area (Å²) in [5, 5.41) is 0. The summed E-state index contributed by atoms with van der Waals surface area (Å²) in [5.41, 5.74) is 5.98. The van der Waals surface area contributed by atoms with Crippen molar-refractivity contribution in [2.75, 3.05) is 11.6 Å². The summed E-state index contributed by atoms with van der Waals surface area (Å²) in [7, 11) is 0. The van der Waals surface area contributed by atoms with Crippen LogP contribution in [0.4, 0.5) is 5.69 Å². The lowest BCUT2D eigenvalue weighted by atomic mass is 10.2. The van der Waals surface area contributed by atoms with Crippen LogP contribution in [-0.4, -0.2) is 11.5 Å². The van der Waals surface area contributed by atoms with E-state index >= 15 is 0 Å². The predicted octanol–water partition coefficient (Wildman–Crippen LogP) is 2.67. The van der Waals surface area contributed by atoms with Crippen LogP contribution in [0.3, 0.4) is 0 Å². The van der Waals surface area contributed by atoms with Gasteiger partial charge in [0.1, 0.15) is 11.4 Å². The number of alkyl halides is 1. The van der Waals surface area contributed by atoms with E-state index in [1.165, 1.54) is 0 Å². The zero-order valence-electron chi connectivity index (χ0n) is 7.88. The number of hydrogen-bond donors (Lipinski definition) is 1. The van der Waals surface area contributed by atoms with Gasteiger partial charge >= 0.3 is 0 Å². The van der Waals surface area contributed by atoms with Gasteiger partial charge in [0.05, 0.1) is 11.6 Å². The molecule has 0 spiro atoms. The first-order valence-electron chi connectivity index (χ1n) is 4.15. The standard InChI is InChI=1S/C10H14ClNO/c1-10(2,7-11)13-9-6-4-3-5-8(9)12/h3-6H,7,12H2,1-2H3. The zero-order chi connectivity index (χ0) is 9.90. The molecule has 0 aromatic heterocycles. The highest BCUT2D eigenvalue weighted by molar-refractivity contribution is 6.18. The van der Waals surface area contributed by atoms with Gasteiger partial charge in [-0.1, -0.05) is 12.1 Å². The number of nitrogen functional groups attached to an aromatic ring is 1. The summed E-state index contributed by atoms with van der Waals surface area (Å²) < 4.78 is 5.62. The van der Waals surface area contributed by atoms with Crippen LogP contribution in [0.5, 0.6) is 5.75 Å². The smallest absolute Gasteiger partial charge is 0.143 e. The third-order valence-corrected chi connectivity index (χ3v) is 2.27. The van der Waals surface area contributed by atoms with Crippen molar-refractivity contribution in [1.29, 1.82) is 0 Å². The number of anilines is 1. The lowest BCUT2D eigenvalue weighted by Crippen LogP contribution is -2.30. The monoisotopic (exact) mass is 199 g/mol. The Kier molecular flexibility index (Phi) is 3.04. The summed E-state index contributed by atoms with van der Waals surface area (Å²) in [5.74, 6) is 1.12. The highest BCUT2D eigenvalue weighted by Crippen LogP contribution is 2.25. The second kappa shape index (κ2) is 3.88. The fraction of sp³-hybridized carbons (Fsp3) is 0.400. The van der Waals surface area contributed by atoms with Gasteiger partial charge in [-0.05, 0) is 26.0 Å². The van der Waals surface area contributed by atoms with Crippen molar-refractivity contribution < 1.29 is 4.74 Å². The van der Waals surface area contributed by atoms with Crippen molar-refractivity contribution in [2.45, 2.75) is 19.4 Å². The predicted molar refractivity (Wildman–Crippen MR) is 56.3 cm³/mol. The molecule has 72 valence electrons. The molecule has 0 saturated carbocycles. The number of halogens is 1. The molecule has 0 saturated heterocycles. The molecular formula is C10H14ClNO. The van der Waals surface area contributed by atoms with Gasteiger partial charge in [0.25, 0.3) is 0 Å². The molecule has 0 atom stereocenters. The molecule has 13 heavy (non-hydrogen) atoms. The van der Waals surface area contributed by atoms with Crippen molar-refractivity contribution >= 4 is 17.3 Å². The largest absolute Gasteiger partial charge is 0.484 e. The number of para-hydroxylation sites is 2. The average Bonchev–Trinajstić information content (AvgIpc) is 2.09. The molecule has 1 rings (SSSR count). The number of rotatable bonds is 3. The maximum Gasteiger partial charge on any atom is 0.143 e. The highest BCUT2D eigenvalue weighted by Gasteiger charge is 2.18. The van der Waals surface area contributed by atoms with Crippen molar-refractivity contribution in [2.24, 2.45) is 0 Å². The minimum absolute atomic E-state index is 0.378. The maximum atomic E-state index is 5.73. The van der Waals surface area contributed by atoms with E-state index in [0.717, 1.165) is 0 Å². The van der Waals surface area contributed by atoms with Crippen molar-refractivity contribution in [3.05, 3.63) is 24.3 Å². The second-order valence-electron chi connectivity index (χ2n) is 3.53. The lowest BCUT2D eigenvalue weighted by Gasteiger charge is -2.24. The number of hydrogen-bond acceptors (Lipinski definition) is 2. The van der Waals surface area contributed by atoms with Crippen LogP contribution in [0.25, 0.3) is 0 Å². The minimum atomic E-state index is -0.378. The molecule has 0 bridgehead atoms. The van der Waals surface area contributed by atoms with Crippen LogP contribution in [-0.2, 0) is 0 Å². The van der Waals surface area contributed by atoms with Gasteiger partial charge in [-0.3, -0.25) is 0 Å². The second-order valence-corrected chi connectivity index (χ2v) is 3.80. The average molecular weight is 200 g/mol. The molecule has 0 aliphatic carbocycles. The van der Waals surface area contributed by atoms with Gasteiger partial charge in [0.15, 0.2) is 0 Å². The summed E-state index contributed by atoms with van der Waals surface area (Å²) in [6.07, 6.45) is 0. The first-order valence-corrected chi connectivity index (χ1v) is 4.68. The van der Waals surface area contributed by atoms with Crippen molar-refractivity contribution in [1.82, 2.24) is 0 Å². The topological polar surface area (TPSA) is 35.2 Å². The molecule has 0 heterocycles. The summed E-state index contributed by atoms with van der Waals surface area (Å²) >= 11 is 5.73. The first-order chi connectivity index (χ1) is 6.05. The van der Waals surface area contributed by atoms with E-state index in [1.54, 1.807) is 6.07 Å². The maximum absolute atomic E-state index is 5.73. The molecule has 0 fully saturated rings. The Balaban J connectivity index is 2.80. The third kappa shape index (κ3) is 2.81. The Bertz CT molecular complexity index is 286. The molecule has 2 nitrogen and oxygen atoms in total. The van der Waals surface area contributed by atoms with E-state index in [9.17, 15) is 0 Å². The molecule has 0 aliphatic heterocycles. The van der Waals surface area contributed by atoms with E-state index in [4.69, 9.17) is 22.1 Å². The quantitative estimate of drug-likeness (QED) is 0.600. The van der Waals surface area contributed by atoms with Crippen molar-refractivity contribution in [3.8, 4) is 5.75 Å². The molecule has 0 radical (unpaired) electrons. The first kappa shape index (κ1) is 10.2. The van der Waals surface area contributed by atoms with Crippen LogP contribution in [0, 0.1) is 0 Å². The van der Waals surface area contributed by atoms with Gasteiger partial charge in [0, 0.05) is 0 Å². The van der Waals surface area contributed by atoms with Gasteiger partial charge < -0.3 is 10.5 Å². The summed E-state index contributed by atoms with van der Waals surface area (Å²) in [6.45, 7) is 3.85. The van der Waals surface area contributed by atoms with Gasteiger partial charge in [-0.2, -0.15) is 0 Å². The Hall–Kier alpha value is -0.890. The van der Waals surface area contributed by atoms with E-state index in [1.807, 2.05) is 32.0 Å². The highest BCUT2D eigenvalue weighted by atomic mass is 35.5. The van der Waals surface area contributed by atoms with Crippen LogP contribution in [0.15, 0.2) is 24.3 Å². The Morgan fingerprint density at radius 1 is 1.38 bits per heavy atom. The van der Waals surface area contributed by atoms with Crippen molar-refractivity contribution in [3.63, 3.8) is 0 Å². The molecular weight excluding hydrogens is 186 g/mol. The number of benzene rings is 1. The molecule has 1 aromatic rings. The Morgan fingerprint density at radius 3 is 2.54 bits per heavy atom. The third-order valence-electron chi connectivity index (χ3n) is 1.63. The molecule has 0 amide bonds. The normalized spacial score (nSPS) is 11.3. The van der Waals surface area contributed by atoms with E-state index < -0.39 is 0 Å². The van der Waals surface area contributed by atoms with Gasteiger partial charge in [-0.25, -0.2) is 0 Å². The zero-order valence-corrected chi connectivity index (χ0v) is 8.64. The van der Waals surface area contributed by atoms with Crippen LogP contribution in [0.1, 0.15) is 13.8 Å². The van der Waals surface area contributed by atoms with Crippen LogP contribution in [0.2, 0.25) is 0 Å². The molecule has 2 N–H and O–H groups in total. The summed E-state index contributed by atoms with van der Waals surface area (Å²) in [6, 6.07) is 7.40. The van der Waals surface area contributed by atoms with E-state index in [-0.39, 0.29) is 5.60 Å². The summed E-state index contributed by atoms with van der Waals surface area (Å²) in [4.78, 5) is 0. The fourth-order valence-corrected chi connectivity index (χ4v) is 0.953. The Morgan fingerprint density at radius 2 is 2.00 bits per heavy atom. The molecule has 1 aromatic carbocycles. The molecule has 0 aliphatic rings. The fourth-order valence-electron chi connectivity index (χ4n) is 0.898. The molecule has 0 unspecified atom stereocenters. The van der Waals surface area contributed by atoms with Gasteiger partial charge in [0.2, 0.25) is 0 Å². The van der Waals surface area contributed by atoms with Gasteiger partial charge in [-0.15, -0.1) is 11.6 Å².